The SMILES string of the molecule is COCC(=O)N1CCCc2ccc(NC(=O)c3cc(=O)c4ccccc4o3)cc21. The number of amides is 2. The van der Waals surface area contributed by atoms with Gasteiger partial charge in [0.15, 0.2) is 11.2 Å². The molecule has 0 saturated heterocycles. The molecule has 7 heteroatoms. The normalized spacial score (nSPS) is 13.2. The number of nitrogens with zero attached hydrogens (tertiary/aromatic N) is 1. The Morgan fingerprint density at radius 1 is 1.17 bits per heavy atom. The summed E-state index contributed by atoms with van der Waals surface area (Å²) in [5.41, 5.74) is 2.39. The number of benzene rings is 2. The van der Waals surface area contributed by atoms with Crippen molar-refractivity contribution in [3.05, 3.63) is 70.1 Å². The zero-order valence-corrected chi connectivity index (χ0v) is 15.9. The highest BCUT2D eigenvalue weighted by atomic mass is 16.5. The summed E-state index contributed by atoms with van der Waals surface area (Å²) in [6, 6.07) is 13.4. The quantitative estimate of drug-likeness (QED) is 0.737. The minimum Gasteiger partial charge on any atom is -0.451 e. The van der Waals surface area contributed by atoms with Gasteiger partial charge in [-0.3, -0.25) is 14.4 Å². The monoisotopic (exact) mass is 392 g/mol. The van der Waals surface area contributed by atoms with E-state index in [2.05, 4.69) is 5.32 Å². The molecule has 0 saturated carbocycles. The number of carbonyl (C=O) groups is 2. The number of fused-ring (bicyclic) bond motifs is 2. The first-order valence-corrected chi connectivity index (χ1v) is 9.33. The van der Waals surface area contributed by atoms with Crippen LogP contribution in [0.1, 0.15) is 22.5 Å². The van der Waals surface area contributed by atoms with Gasteiger partial charge in [-0.2, -0.15) is 0 Å². The smallest absolute Gasteiger partial charge is 0.291 e. The zero-order valence-electron chi connectivity index (χ0n) is 15.9. The summed E-state index contributed by atoms with van der Waals surface area (Å²) in [6.07, 6.45) is 1.73. The highest BCUT2D eigenvalue weighted by Gasteiger charge is 2.23. The Kier molecular flexibility index (Phi) is 5.14. The van der Waals surface area contributed by atoms with Crippen LogP contribution in [-0.4, -0.2) is 32.1 Å². The van der Waals surface area contributed by atoms with Gasteiger partial charge in [-0.25, -0.2) is 0 Å². The average Bonchev–Trinajstić information content (AvgIpc) is 2.73. The molecule has 0 spiro atoms. The van der Waals surface area contributed by atoms with Crippen LogP contribution >= 0.6 is 0 Å². The maximum Gasteiger partial charge on any atom is 0.291 e. The lowest BCUT2D eigenvalue weighted by Crippen LogP contribution is -2.37. The van der Waals surface area contributed by atoms with Crippen LogP contribution in [0.15, 0.2) is 57.7 Å². The van der Waals surface area contributed by atoms with Crippen molar-refractivity contribution in [3.63, 3.8) is 0 Å². The van der Waals surface area contributed by atoms with Crippen LogP contribution in [0, 0.1) is 0 Å². The summed E-state index contributed by atoms with van der Waals surface area (Å²) in [5.74, 6) is -0.727. The Bertz CT molecular complexity index is 1150. The van der Waals surface area contributed by atoms with Gasteiger partial charge in [0.05, 0.1) is 5.39 Å². The minimum absolute atomic E-state index is 0.00171. The van der Waals surface area contributed by atoms with Crippen molar-refractivity contribution in [1.29, 1.82) is 0 Å². The number of hydrogen-bond donors (Lipinski definition) is 1. The lowest BCUT2D eigenvalue weighted by atomic mass is 10.0. The van der Waals surface area contributed by atoms with E-state index in [-0.39, 0.29) is 23.7 Å². The Balaban J connectivity index is 1.62. The van der Waals surface area contributed by atoms with E-state index in [4.69, 9.17) is 9.15 Å². The number of aryl methyl sites for hydroxylation is 1. The molecule has 0 bridgehead atoms. The number of ether oxygens (including phenoxy) is 1. The second kappa shape index (κ2) is 7.89. The van der Waals surface area contributed by atoms with E-state index >= 15 is 0 Å². The fraction of sp³-hybridized carbons (Fsp3) is 0.227. The molecule has 0 atom stereocenters. The molecule has 7 nitrogen and oxygen atoms in total. The van der Waals surface area contributed by atoms with Crippen molar-refractivity contribution in [2.24, 2.45) is 0 Å². The number of methoxy groups -OCH3 is 1. The van der Waals surface area contributed by atoms with Gasteiger partial charge in [0.2, 0.25) is 0 Å². The van der Waals surface area contributed by atoms with E-state index in [1.165, 1.54) is 13.2 Å². The van der Waals surface area contributed by atoms with E-state index in [0.717, 1.165) is 24.1 Å². The molecule has 2 heterocycles. The molecule has 4 rings (SSSR count). The van der Waals surface area contributed by atoms with Gasteiger partial charge < -0.3 is 19.4 Å². The third-order valence-electron chi connectivity index (χ3n) is 4.89. The van der Waals surface area contributed by atoms with Crippen molar-refractivity contribution in [2.45, 2.75) is 12.8 Å². The van der Waals surface area contributed by atoms with Gasteiger partial charge in [0.25, 0.3) is 11.8 Å². The highest BCUT2D eigenvalue weighted by molar-refractivity contribution is 6.04. The van der Waals surface area contributed by atoms with Gasteiger partial charge in [0.1, 0.15) is 12.2 Å². The maximum absolute atomic E-state index is 12.7. The predicted molar refractivity (Wildman–Crippen MR) is 109 cm³/mol. The molecule has 1 aliphatic heterocycles. The minimum atomic E-state index is -0.529. The molecule has 3 aromatic rings. The van der Waals surface area contributed by atoms with Crippen molar-refractivity contribution >= 4 is 34.2 Å². The van der Waals surface area contributed by atoms with Crippen LogP contribution in [0.4, 0.5) is 11.4 Å². The second-order valence-corrected chi connectivity index (χ2v) is 6.85. The fourth-order valence-corrected chi connectivity index (χ4v) is 3.52. The van der Waals surface area contributed by atoms with Crippen molar-refractivity contribution in [1.82, 2.24) is 0 Å². The number of nitrogens with one attached hydrogen (secondary N) is 1. The van der Waals surface area contributed by atoms with Crippen LogP contribution in [-0.2, 0) is 16.0 Å². The summed E-state index contributed by atoms with van der Waals surface area (Å²) < 4.78 is 10.6. The molecule has 1 aliphatic rings. The van der Waals surface area contributed by atoms with Crippen LogP contribution < -0.4 is 15.6 Å². The van der Waals surface area contributed by atoms with Crippen LogP contribution in [0.3, 0.4) is 0 Å². The summed E-state index contributed by atoms with van der Waals surface area (Å²) in [4.78, 5) is 38.9. The molecule has 0 unspecified atom stereocenters. The molecule has 29 heavy (non-hydrogen) atoms. The second-order valence-electron chi connectivity index (χ2n) is 6.85. The lowest BCUT2D eigenvalue weighted by Gasteiger charge is -2.29. The van der Waals surface area contributed by atoms with E-state index in [0.29, 0.717) is 23.2 Å². The number of hydrogen-bond acceptors (Lipinski definition) is 5. The number of rotatable bonds is 4. The van der Waals surface area contributed by atoms with Gasteiger partial charge in [-0.1, -0.05) is 18.2 Å². The Morgan fingerprint density at radius 2 is 2.00 bits per heavy atom. The lowest BCUT2D eigenvalue weighted by molar-refractivity contribution is -0.122. The van der Waals surface area contributed by atoms with Gasteiger partial charge in [0, 0.05) is 31.1 Å². The molecule has 0 aliphatic carbocycles. The summed E-state index contributed by atoms with van der Waals surface area (Å²) >= 11 is 0. The largest absolute Gasteiger partial charge is 0.451 e. The highest BCUT2D eigenvalue weighted by Crippen LogP contribution is 2.30. The Morgan fingerprint density at radius 3 is 2.83 bits per heavy atom. The summed E-state index contributed by atoms with van der Waals surface area (Å²) in [5, 5.41) is 3.17. The average molecular weight is 392 g/mol. The van der Waals surface area contributed by atoms with Gasteiger partial charge in [-0.05, 0) is 42.7 Å². The van der Waals surface area contributed by atoms with Crippen LogP contribution in [0.25, 0.3) is 11.0 Å². The standard InChI is InChI=1S/C22H20N2O5/c1-28-13-21(26)24-10-4-5-14-8-9-15(11-17(14)24)23-22(27)20-12-18(25)16-6-2-3-7-19(16)29-20/h2-3,6-9,11-12H,4-5,10,13H2,1H3,(H,23,27). The third kappa shape index (κ3) is 3.77. The zero-order chi connectivity index (χ0) is 20.4. The molecule has 0 radical (unpaired) electrons. The van der Waals surface area contributed by atoms with E-state index in [1.807, 2.05) is 6.07 Å². The molecule has 1 N–H and O–H groups in total. The molecule has 148 valence electrons. The van der Waals surface area contributed by atoms with Crippen molar-refractivity contribution < 1.29 is 18.7 Å². The van der Waals surface area contributed by atoms with Gasteiger partial charge >= 0.3 is 0 Å². The maximum atomic E-state index is 12.7. The van der Waals surface area contributed by atoms with Crippen molar-refractivity contribution in [3.8, 4) is 0 Å². The first-order valence-electron chi connectivity index (χ1n) is 9.33. The molecule has 2 aromatic carbocycles. The first kappa shape index (κ1) is 18.9. The van der Waals surface area contributed by atoms with E-state index in [9.17, 15) is 14.4 Å². The Labute approximate surface area is 166 Å². The van der Waals surface area contributed by atoms with Crippen LogP contribution in [0.2, 0.25) is 0 Å². The van der Waals surface area contributed by atoms with Gasteiger partial charge in [-0.15, -0.1) is 0 Å². The number of para-hydroxylation sites is 1. The topological polar surface area (TPSA) is 88.9 Å². The van der Waals surface area contributed by atoms with E-state index in [1.54, 1.807) is 41.3 Å². The fourth-order valence-electron chi connectivity index (χ4n) is 3.52. The number of carbonyl (C=O) groups excluding carboxylic acids is 2. The first-order chi connectivity index (χ1) is 14.1. The molecule has 0 fully saturated rings. The summed E-state index contributed by atoms with van der Waals surface area (Å²) in [7, 11) is 1.48. The Hall–Kier alpha value is -3.45. The third-order valence-corrected chi connectivity index (χ3v) is 4.89. The predicted octanol–water partition coefficient (Wildman–Crippen LogP) is 2.97. The van der Waals surface area contributed by atoms with Crippen LogP contribution in [0.5, 0.6) is 0 Å². The molecule has 2 amide bonds. The van der Waals surface area contributed by atoms with Crippen molar-refractivity contribution in [2.75, 3.05) is 30.5 Å². The molecular weight excluding hydrogens is 372 g/mol. The summed E-state index contributed by atoms with van der Waals surface area (Å²) in [6.45, 7) is 0.602. The molecular formula is C22H20N2O5. The number of anilines is 2. The molecule has 1 aromatic heterocycles. The van der Waals surface area contributed by atoms with E-state index < -0.39 is 5.91 Å².